The van der Waals surface area contributed by atoms with Gasteiger partial charge in [0.15, 0.2) is 0 Å². The molecule has 2 atom stereocenters. The predicted octanol–water partition coefficient (Wildman–Crippen LogP) is 5.13. The van der Waals surface area contributed by atoms with Gasteiger partial charge in [-0.25, -0.2) is 0 Å². The first-order chi connectivity index (χ1) is 13.6. The van der Waals surface area contributed by atoms with E-state index < -0.39 is 0 Å². The number of allylic oxidation sites excluding steroid dienone is 1. The number of aryl methyl sites for hydroxylation is 1. The molecule has 0 bridgehead atoms. The molecule has 2 aromatic rings. The first-order valence-electron chi connectivity index (χ1n) is 10.5. The molecule has 2 aromatic carbocycles. The van der Waals surface area contributed by atoms with Gasteiger partial charge in [-0.15, -0.1) is 0 Å². The zero-order valence-electron chi connectivity index (χ0n) is 17.6. The molecular formula is C25H34N2O. The lowest BCUT2D eigenvalue weighted by Crippen LogP contribution is -2.27. The molecule has 0 saturated heterocycles. The SMILES string of the molecule is C=C(CC(C)c1ccccc1CCNC)NC1CCOc2cc(CC)ccc21. The van der Waals surface area contributed by atoms with Crippen LogP contribution in [-0.4, -0.2) is 20.2 Å². The number of hydrogen-bond acceptors (Lipinski definition) is 3. The number of benzene rings is 2. The Morgan fingerprint density at radius 1 is 1.25 bits per heavy atom. The van der Waals surface area contributed by atoms with Crippen LogP contribution in [0.3, 0.4) is 0 Å². The summed E-state index contributed by atoms with van der Waals surface area (Å²) in [7, 11) is 2.01. The Morgan fingerprint density at radius 3 is 2.86 bits per heavy atom. The van der Waals surface area contributed by atoms with Gasteiger partial charge in [0.2, 0.25) is 0 Å². The van der Waals surface area contributed by atoms with Gasteiger partial charge in [-0.1, -0.05) is 56.8 Å². The molecule has 150 valence electrons. The molecule has 0 fully saturated rings. The smallest absolute Gasteiger partial charge is 0.124 e. The van der Waals surface area contributed by atoms with E-state index in [9.17, 15) is 0 Å². The summed E-state index contributed by atoms with van der Waals surface area (Å²) in [5, 5.41) is 6.94. The van der Waals surface area contributed by atoms with Crippen LogP contribution in [0.4, 0.5) is 0 Å². The van der Waals surface area contributed by atoms with Crippen LogP contribution in [0, 0.1) is 0 Å². The molecule has 0 radical (unpaired) electrons. The van der Waals surface area contributed by atoms with Crippen molar-refractivity contribution >= 4 is 0 Å². The Morgan fingerprint density at radius 2 is 2.07 bits per heavy atom. The van der Waals surface area contributed by atoms with Gasteiger partial charge in [0.05, 0.1) is 12.6 Å². The van der Waals surface area contributed by atoms with Gasteiger partial charge >= 0.3 is 0 Å². The van der Waals surface area contributed by atoms with Crippen molar-refractivity contribution in [3.8, 4) is 5.75 Å². The molecule has 0 saturated carbocycles. The Balaban J connectivity index is 1.65. The lowest BCUT2D eigenvalue weighted by molar-refractivity contribution is 0.257. The van der Waals surface area contributed by atoms with E-state index >= 15 is 0 Å². The lowest BCUT2D eigenvalue weighted by atomic mass is 9.90. The van der Waals surface area contributed by atoms with E-state index in [1.54, 1.807) is 0 Å². The second-order valence-corrected chi connectivity index (χ2v) is 7.82. The second-order valence-electron chi connectivity index (χ2n) is 7.82. The highest BCUT2D eigenvalue weighted by Gasteiger charge is 2.22. The van der Waals surface area contributed by atoms with Crippen LogP contribution in [0.15, 0.2) is 54.7 Å². The van der Waals surface area contributed by atoms with E-state index in [4.69, 9.17) is 4.74 Å². The van der Waals surface area contributed by atoms with E-state index in [1.165, 1.54) is 22.3 Å². The summed E-state index contributed by atoms with van der Waals surface area (Å²) in [6, 6.07) is 15.7. The largest absolute Gasteiger partial charge is 0.493 e. The lowest BCUT2D eigenvalue weighted by Gasteiger charge is -2.29. The zero-order valence-corrected chi connectivity index (χ0v) is 17.6. The van der Waals surface area contributed by atoms with Crippen molar-refractivity contribution in [1.29, 1.82) is 0 Å². The molecule has 2 N–H and O–H groups in total. The quantitative estimate of drug-likeness (QED) is 0.634. The molecule has 0 spiro atoms. The van der Waals surface area contributed by atoms with Crippen molar-refractivity contribution in [3.63, 3.8) is 0 Å². The Bertz CT molecular complexity index is 799. The van der Waals surface area contributed by atoms with Crippen molar-refractivity contribution in [1.82, 2.24) is 10.6 Å². The van der Waals surface area contributed by atoms with Gasteiger partial charge in [-0.05, 0) is 61.5 Å². The summed E-state index contributed by atoms with van der Waals surface area (Å²) in [5.74, 6) is 1.47. The first-order valence-corrected chi connectivity index (χ1v) is 10.5. The maximum Gasteiger partial charge on any atom is 0.124 e. The monoisotopic (exact) mass is 378 g/mol. The number of rotatable bonds is 9. The second kappa shape index (κ2) is 9.79. The predicted molar refractivity (Wildman–Crippen MR) is 118 cm³/mol. The molecule has 3 heteroatoms. The molecule has 2 unspecified atom stereocenters. The number of hydrogen-bond donors (Lipinski definition) is 2. The number of likely N-dealkylation sites (N-methyl/N-ethyl adjacent to an activating group) is 1. The molecular weight excluding hydrogens is 344 g/mol. The third-order valence-electron chi connectivity index (χ3n) is 5.69. The fourth-order valence-corrected chi connectivity index (χ4v) is 4.09. The summed E-state index contributed by atoms with van der Waals surface area (Å²) in [5.41, 5.74) is 6.55. The third-order valence-corrected chi connectivity index (χ3v) is 5.69. The van der Waals surface area contributed by atoms with E-state index in [2.05, 4.69) is 73.5 Å². The Labute approximate surface area is 170 Å². The molecule has 1 heterocycles. The van der Waals surface area contributed by atoms with E-state index in [-0.39, 0.29) is 6.04 Å². The Kier molecular flexibility index (Phi) is 7.16. The molecule has 0 aromatic heterocycles. The Hall–Kier alpha value is -2.26. The van der Waals surface area contributed by atoms with Crippen LogP contribution in [-0.2, 0) is 12.8 Å². The maximum absolute atomic E-state index is 5.91. The van der Waals surface area contributed by atoms with Crippen LogP contribution in [0.1, 0.15) is 60.9 Å². The van der Waals surface area contributed by atoms with Gasteiger partial charge in [-0.2, -0.15) is 0 Å². The van der Waals surface area contributed by atoms with E-state index in [0.29, 0.717) is 5.92 Å². The fraction of sp³-hybridized carbons (Fsp3) is 0.440. The van der Waals surface area contributed by atoms with Crippen LogP contribution >= 0.6 is 0 Å². The molecule has 3 nitrogen and oxygen atoms in total. The number of fused-ring (bicyclic) bond motifs is 1. The normalized spacial score (nSPS) is 16.8. The van der Waals surface area contributed by atoms with E-state index in [0.717, 1.165) is 50.3 Å². The van der Waals surface area contributed by atoms with Gasteiger partial charge in [0.1, 0.15) is 5.75 Å². The van der Waals surface area contributed by atoms with Crippen molar-refractivity contribution < 1.29 is 4.74 Å². The highest BCUT2D eigenvalue weighted by atomic mass is 16.5. The average Bonchev–Trinajstić information content (AvgIpc) is 2.72. The van der Waals surface area contributed by atoms with Crippen molar-refractivity contribution in [2.75, 3.05) is 20.2 Å². The van der Waals surface area contributed by atoms with Gasteiger partial charge < -0.3 is 15.4 Å². The summed E-state index contributed by atoms with van der Waals surface area (Å²) in [4.78, 5) is 0. The van der Waals surface area contributed by atoms with Crippen LogP contribution < -0.4 is 15.4 Å². The van der Waals surface area contributed by atoms with Crippen molar-refractivity contribution in [2.24, 2.45) is 0 Å². The highest BCUT2D eigenvalue weighted by molar-refractivity contribution is 5.41. The summed E-state index contributed by atoms with van der Waals surface area (Å²) >= 11 is 0. The topological polar surface area (TPSA) is 33.3 Å². The fourth-order valence-electron chi connectivity index (χ4n) is 4.09. The van der Waals surface area contributed by atoms with Crippen LogP contribution in [0.2, 0.25) is 0 Å². The third kappa shape index (κ3) is 4.96. The molecule has 0 aliphatic carbocycles. The molecule has 1 aliphatic heterocycles. The molecule has 28 heavy (non-hydrogen) atoms. The minimum atomic E-state index is 0.286. The van der Waals surface area contributed by atoms with E-state index in [1.807, 2.05) is 7.05 Å². The average molecular weight is 379 g/mol. The van der Waals surface area contributed by atoms with Gasteiger partial charge in [0.25, 0.3) is 0 Å². The van der Waals surface area contributed by atoms with Crippen LogP contribution in [0.5, 0.6) is 5.75 Å². The van der Waals surface area contributed by atoms with Crippen LogP contribution in [0.25, 0.3) is 0 Å². The summed E-state index contributed by atoms with van der Waals surface area (Å²) < 4.78 is 5.91. The summed E-state index contributed by atoms with van der Waals surface area (Å²) in [6.45, 7) is 10.6. The molecule has 0 amide bonds. The summed E-state index contributed by atoms with van der Waals surface area (Å²) in [6.07, 6.45) is 4.01. The van der Waals surface area contributed by atoms with Crippen molar-refractivity contribution in [3.05, 3.63) is 77.0 Å². The van der Waals surface area contributed by atoms with Crippen molar-refractivity contribution in [2.45, 2.75) is 51.5 Å². The zero-order chi connectivity index (χ0) is 19.9. The first kappa shape index (κ1) is 20.5. The maximum atomic E-state index is 5.91. The minimum absolute atomic E-state index is 0.286. The number of nitrogens with one attached hydrogen (secondary N) is 2. The standard InChI is InChI=1S/C25H34N2O/c1-5-20-10-11-23-24(13-15-28-25(23)17-20)27-19(3)16-18(2)22-9-7-6-8-21(22)12-14-26-4/h6-11,17-18,24,26-27H,3,5,12-16H2,1-2,4H3. The van der Waals surface area contributed by atoms with Gasteiger partial charge in [0, 0.05) is 17.7 Å². The number of ether oxygens (including phenoxy) is 1. The molecule has 1 aliphatic rings. The minimum Gasteiger partial charge on any atom is -0.493 e. The highest BCUT2D eigenvalue weighted by Crippen LogP contribution is 2.34. The molecule has 3 rings (SSSR count). The van der Waals surface area contributed by atoms with Gasteiger partial charge in [-0.3, -0.25) is 0 Å².